The highest BCUT2D eigenvalue weighted by molar-refractivity contribution is 4.82. The van der Waals surface area contributed by atoms with Crippen LogP contribution in [0.3, 0.4) is 0 Å². The third-order valence-electron chi connectivity index (χ3n) is 7.25. The van der Waals surface area contributed by atoms with E-state index in [9.17, 15) is 13.2 Å². The van der Waals surface area contributed by atoms with Gasteiger partial charge in [-0.15, -0.1) is 0 Å². The molecule has 26 heavy (non-hydrogen) atoms. The fraction of sp³-hybridized carbons (Fsp3) is 1.00. The standard InChI is InChI=1S/C23H41F3/c1-2-3-4-5-6-7-8-19-9-13-21(14-10-19)22-15-11-20(12-16-22)17-18-23(24,25)26/h19-22H,2-18H2,1H3/t19-,20-,21-,22-. The van der Waals surface area contributed by atoms with Crippen LogP contribution in [0.15, 0.2) is 0 Å². The van der Waals surface area contributed by atoms with Crippen molar-refractivity contribution in [2.24, 2.45) is 23.7 Å². The molecule has 0 atom stereocenters. The Morgan fingerprint density at radius 2 is 1.08 bits per heavy atom. The van der Waals surface area contributed by atoms with Gasteiger partial charge in [-0.2, -0.15) is 13.2 Å². The van der Waals surface area contributed by atoms with E-state index < -0.39 is 12.6 Å². The Kier molecular flexibility index (Phi) is 9.85. The molecule has 154 valence electrons. The van der Waals surface area contributed by atoms with Crippen molar-refractivity contribution in [1.29, 1.82) is 0 Å². The van der Waals surface area contributed by atoms with Crippen molar-refractivity contribution in [2.75, 3.05) is 0 Å². The summed E-state index contributed by atoms with van der Waals surface area (Å²) in [4.78, 5) is 0. The summed E-state index contributed by atoms with van der Waals surface area (Å²) >= 11 is 0. The Morgan fingerprint density at radius 1 is 0.615 bits per heavy atom. The fourth-order valence-corrected chi connectivity index (χ4v) is 5.48. The van der Waals surface area contributed by atoms with Gasteiger partial charge in [0.05, 0.1) is 0 Å². The molecule has 0 unspecified atom stereocenters. The van der Waals surface area contributed by atoms with Gasteiger partial charge in [-0.1, -0.05) is 77.6 Å². The Hall–Kier alpha value is -0.210. The number of hydrogen-bond acceptors (Lipinski definition) is 0. The van der Waals surface area contributed by atoms with Crippen molar-refractivity contribution in [1.82, 2.24) is 0 Å². The molecule has 0 aromatic heterocycles. The van der Waals surface area contributed by atoms with Crippen LogP contribution < -0.4 is 0 Å². The van der Waals surface area contributed by atoms with E-state index in [1.54, 1.807) is 0 Å². The first-order chi connectivity index (χ1) is 12.5. The van der Waals surface area contributed by atoms with Crippen LogP contribution in [-0.4, -0.2) is 6.18 Å². The SMILES string of the molecule is CCCCCCCC[C@H]1CC[C@H]([C@H]2CC[C@H](CCC(F)(F)F)CC2)CC1. The predicted molar refractivity (Wildman–Crippen MR) is 104 cm³/mol. The van der Waals surface area contributed by atoms with Crippen LogP contribution in [0.1, 0.15) is 116 Å². The zero-order valence-corrected chi connectivity index (χ0v) is 17.0. The summed E-state index contributed by atoms with van der Waals surface area (Å²) in [6.45, 7) is 2.27. The fourth-order valence-electron chi connectivity index (χ4n) is 5.48. The molecule has 0 nitrogen and oxygen atoms in total. The lowest BCUT2D eigenvalue weighted by Crippen LogP contribution is -2.26. The maximum absolute atomic E-state index is 12.4. The summed E-state index contributed by atoms with van der Waals surface area (Å²) < 4.78 is 37.1. The second kappa shape index (κ2) is 11.6. The summed E-state index contributed by atoms with van der Waals surface area (Å²) in [6.07, 6.45) is 15.7. The molecular weight excluding hydrogens is 333 g/mol. The molecule has 0 N–H and O–H groups in total. The predicted octanol–water partition coefficient (Wildman–Crippen LogP) is 8.69. The molecule has 2 saturated carbocycles. The third kappa shape index (κ3) is 8.65. The maximum atomic E-state index is 12.4. The topological polar surface area (TPSA) is 0 Å². The van der Waals surface area contributed by atoms with E-state index in [-0.39, 0.29) is 0 Å². The van der Waals surface area contributed by atoms with Crippen LogP contribution in [0.4, 0.5) is 13.2 Å². The quantitative estimate of drug-likeness (QED) is 0.335. The van der Waals surface area contributed by atoms with Gasteiger partial charge in [0.1, 0.15) is 0 Å². The van der Waals surface area contributed by atoms with Crippen LogP contribution in [0, 0.1) is 23.7 Å². The van der Waals surface area contributed by atoms with Gasteiger partial charge < -0.3 is 0 Å². The van der Waals surface area contributed by atoms with Crippen LogP contribution in [0.2, 0.25) is 0 Å². The average molecular weight is 375 g/mol. The lowest BCUT2D eigenvalue weighted by atomic mass is 9.68. The highest BCUT2D eigenvalue weighted by Crippen LogP contribution is 2.43. The molecular formula is C23H41F3. The molecule has 0 heterocycles. The third-order valence-corrected chi connectivity index (χ3v) is 7.25. The monoisotopic (exact) mass is 374 g/mol. The molecule has 2 rings (SSSR count). The van der Waals surface area contributed by atoms with Gasteiger partial charge >= 0.3 is 6.18 Å². The van der Waals surface area contributed by atoms with Crippen LogP contribution in [0.5, 0.6) is 0 Å². The number of rotatable bonds is 10. The molecule has 2 aliphatic rings. The van der Waals surface area contributed by atoms with E-state index in [4.69, 9.17) is 0 Å². The van der Waals surface area contributed by atoms with Crippen molar-refractivity contribution in [2.45, 2.75) is 122 Å². The summed E-state index contributed by atoms with van der Waals surface area (Å²) in [7, 11) is 0. The van der Waals surface area contributed by atoms with E-state index >= 15 is 0 Å². The normalized spacial score (nSPS) is 30.5. The molecule has 0 saturated heterocycles. The lowest BCUT2D eigenvalue weighted by molar-refractivity contribution is -0.138. The second-order valence-corrected chi connectivity index (χ2v) is 9.27. The molecule has 0 aliphatic heterocycles. The first-order valence-corrected chi connectivity index (χ1v) is 11.5. The van der Waals surface area contributed by atoms with E-state index in [0.29, 0.717) is 12.3 Å². The van der Waals surface area contributed by atoms with Gasteiger partial charge in [0, 0.05) is 6.42 Å². The minimum atomic E-state index is -3.97. The van der Waals surface area contributed by atoms with Crippen molar-refractivity contribution in [3.63, 3.8) is 0 Å². The van der Waals surface area contributed by atoms with Gasteiger partial charge in [0.2, 0.25) is 0 Å². The molecule has 0 aromatic rings. The van der Waals surface area contributed by atoms with Crippen molar-refractivity contribution in [3.05, 3.63) is 0 Å². The van der Waals surface area contributed by atoms with Crippen molar-refractivity contribution in [3.8, 4) is 0 Å². The van der Waals surface area contributed by atoms with E-state index in [1.807, 2.05) is 0 Å². The molecule has 2 fully saturated rings. The Balaban J connectivity index is 1.53. The summed E-state index contributed by atoms with van der Waals surface area (Å²) in [6, 6.07) is 0. The first-order valence-electron chi connectivity index (χ1n) is 11.5. The molecule has 0 bridgehead atoms. The largest absolute Gasteiger partial charge is 0.389 e. The summed E-state index contributed by atoms with van der Waals surface area (Å²) in [5, 5.41) is 0. The Morgan fingerprint density at radius 3 is 1.58 bits per heavy atom. The van der Waals surface area contributed by atoms with Gasteiger partial charge in [0.25, 0.3) is 0 Å². The summed E-state index contributed by atoms with van der Waals surface area (Å²) in [5.74, 6) is 2.98. The average Bonchev–Trinajstić information content (AvgIpc) is 2.63. The van der Waals surface area contributed by atoms with E-state index in [0.717, 1.165) is 30.6 Å². The van der Waals surface area contributed by atoms with E-state index in [2.05, 4.69) is 6.92 Å². The number of alkyl halides is 3. The molecule has 3 heteroatoms. The second-order valence-electron chi connectivity index (χ2n) is 9.27. The molecule has 0 amide bonds. The zero-order valence-electron chi connectivity index (χ0n) is 17.0. The highest BCUT2D eigenvalue weighted by atomic mass is 19.4. The van der Waals surface area contributed by atoms with E-state index in [1.165, 1.54) is 83.5 Å². The van der Waals surface area contributed by atoms with Gasteiger partial charge in [-0.25, -0.2) is 0 Å². The van der Waals surface area contributed by atoms with Crippen LogP contribution in [-0.2, 0) is 0 Å². The maximum Gasteiger partial charge on any atom is 0.389 e. The minimum Gasteiger partial charge on any atom is -0.171 e. The molecule has 2 aliphatic carbocycles. The molecule has 0 aromatic carbocycles. The van der Waals surface area contributed by atoms with Gasteiger partial charge in [0.15, 0.2) is 0 Å². The lowest BCUT2D eigenvalue weighted by Gasteiger charge is -2.38. The smallest absolute Gasteiger partial charge is 0.171 e. The molecule has 0 spiro atoms. The zero-order chi connectivity index (χ0) is 18.8. The van der Waals surface area contributed by atoms with Crippen LogP contribution in [0.25, 0.3) is 0 Å². The number of hydrogen-bond donors (Lipinski definition) is 0. The van der Waals surface area contributed by atoms with Crippen molar-refractivity contribution >= 4 is 0 Å². The van der Waals surface area contributed by atoms with Crippen LogP contribution >= 0.6 is 0 Å². The molecule has 0 radical (unpaired) electrons. The summed E-state index contributed by atoms with van der Waals surface area (Å²) in [5.41, 5.74) is 0. The van der Waals surface area contributed by atoms with Gasteiger partial charge in [-0.3, -0.25) is 0 Å². The minimum absolute atomic E-state index is 0.330. The first kappa shape index (κ1) is 22.1. The highest BCUT2D eigenvalue weighted by Gasteiger charge is 2.33. The number of unbranched alkanes of at least 4 members (excludes halogenated alkanes) is 5. The van der Waals surface area contributed by atoms with Gasteiger partial charge in [-0.05, 0) is 55.8 Å². The Labute approximate surface area is 159 Å². The Bertz CT molecular complexity index is 347. The number of halogens is 3. The van der Waals surface area contributed by atoms with Crippen molar-refractivity contribution < 1.29 is 13.2 Å².